The number of hydrogen-bond donors (Lipinski definition) is 3. The summed E-state index contributed by atoms with van der Waals surface area (Å²) in [6.07, 6.45) is 0.661. The van der Waals surface area contributed by atoms with Gasteiger partial charge in [-0.1, -0.05) is 43.3 Å². The summed E-state index contributed by atoms with van der Waals surface area (Å²) < 4.78 is 0. The van der Waals surface area contributed by atoms with Crippen LogP contribution in [0.15, 0.2) is 54.6 Å². The first-order valence-corrected chi connectivity index (χ1v) is 8.48. The minimum Gasteiger partial charge on any atom is -0.391 e. The number of rotatable bonds is 8. The minimum atomic E-state index is -0.664. The Morgan fingerprint density at radius 1 is 0.960 bits per heavy atom. The lowest BCUT2D eigenvalue weighted by Gasteiger charge is -2.12. The molecule has 2 aromatic carbocycles. The number of amides is 2. The van der Waals surface area contributed by atoms with E-state index in [-0.39, 0.29) is 18.4 Å². The van der Waals surface area contributed by atoms with Gasteiger partial charge in [-0.3, -0.25) is 9.59 Å². The Hall–Kier alpha value is -2.66. The van der Waals surface area contributed by atoms with Gasteiger partial charge in [-0.2, -0.15) is 0 Å². The van der Waals surface area contributed by atoms with Crippen LogP contribution < -0.4 is 10.6 Å². The maximum Gasteiger partial charge on any atom is 0.251 e. The Bertz CT molecular complexity index is 701. The largest absolute Gasteiger partial charge is 0.391 e. The molecule has 2 amide bonds. The van der Waals surface area contributed by atoms with Gasteiger partial charge in [0.2, 0.25) is 0 Å². The van der Waals surface area contributed by atoms with Gasteiger partial charge in [-0.05, 0) is 30.2 Å². The molecule has 0 aliphatic rings. The summed E-state index contributed by atoms with van der Waals surface area (Å²) in [6, 6.07) is 16.2. The zero-order valence-corrected chi connectivity index (χ0v) is 14.4. The van der Waals surface area contributed by atoms with Crippen molar-refractivity contribution < 1.29 is 14.7 Å². The van der Waals surface area contributed by atoms with Crippen LogP contribution in [-0.4, -0.2) is 36.1 Å². The lowest BCUT2D eigenvalue weighted by Crippen LogP contribution is -2.33. The normalized spacial score (nSPS) is 11.6. The average molecular weight is 340 g/mol. The summed E-state index contributed by atoms with van der Waals surface area (Å²) in [4.78, 5) is 24.2. The summed E-state index contributed by atoms with van der Waals surface area (Å²) in [5, 5.41) is 15.5. The standard InChI is InChI=1S/C20H24N2O3/c1-2-11-21-19(24)16-9-6-10-17(13-16)20(25)22-14-18(23)12-15-7-4-3-5-8-15/h3-10,13,18,23H,2,11-12,14H2,1H3,(H,21,24)(H,22,25)/t18-/m0/s1. The highest BCUT2D eigenvalue weighted by Crippen LogP contribution is 2.06. The predicted molar refractivity (Wildman–Crippen MR) is 97.6 cm³/mol. The van der Waals surface area contributed by atoms with Crippen LogP contribution in [0.4, 0.5) is 0 Å². The molecule has 0 fully saturated rings. The highest BCUT2D eigenvalue weighted by atomic mass is 16.3. The number of aliphatic hydroxyl groups excluding tert-OH is 1. The smallest absolute Gasteiger partial charge is 0.251 e. The average Bonchev–Trinajstić information content (AvgIpc) is 2.65. The maximum absolute atomic E-state index is 12.2. The van der Waals surface area contributed by atoms with Crippen LogP contribution in [-0.2, 0) is 6.42 Å². The van der Waals surface area contributed by atoms with E-state index in [1.165, 1.54) is 0 Å². The number of carbonyl (C=O) groups excluding carboxylic acids is 2. The van der Waals surface area contributed by atoms with Gasteiger partial charge >= 0.3 is 0 Å². The molecule has 0 spiro atoms. The molecule has 2 aromatic rings. The highest BCUT2D eigenvalue weighted by Gasteiger charge is 2.12. The Balaban J connectivity index is 1.89. The molecule has 3 N–H and O–H groups in total. The fraction of sp³-hybridized carbons (Fsp3) is 0.300. The second kappa shape index (κ2) is 9.59. The number of benzene rings is 2. The van der Waals surface area contributed by atoms with E-state index in [9.17, 15) is 14.7 Å². The molecular weight excluding hydrogens is 316 g/mol. The topological polar surface area (TPSA) is 78.4 Å². The van der Waals surface area contributed by atoms with Crippen LogP contribution in [0, 0.1) is 0 Å². The monoisotopic (exact) mass is 340 g/mol. The molecule has 0 aliphatic heterocycles. The van der Waals surface area contributed by atoms with E-state index in [2.05, 4.69) is 10.6 Å². The van der Waals surface area contributed by atoms with Crippen LogP contribution in [0.1, 0.15) is 39.6 Å². The van der Waals surface area contributed by atoms with E-state index in [1.54, 1.807) is 24.3 Å². The first kappa shape index (κ1) is 18.7. The van der Waals surface area contributed by atoms with Crippen LogP contribution in [0.3, 0.4) is 0 Å². The summed E-state index contributed by atoms with van der Waals surface area (Å²) in [7, 11) is 0. The third-order valence-corrected chi connectivity index (χ3v) is 3.73. The van der Waals surface area contributed by atoms with Crippen molar-refractivity contribution in [3.05, 3.63) is 71.3 Å². The SMILES string of the molecule is CCCNC(=O)c1cccc(C(=O)NC[C@@H](O)Cc2ccccc2)c1. The van der Waals surface area contributed by atoms with Crippen LogP contribution in [0.25, 0.3) is 0 Å². The number of nitrogens with one attached hydrogen (secondary N) is 2. The van der Waals surface area contributed by atoms with Gasteiger partial charge < -0.3 is 15.7 Å². The third-order valence-electron chi connectivity index (χ3n) is 3.73. The number of hydrogen-bond acceptors (Lipinski definition) is 3. The zero-order chi connectivity index (χ0) is 18.1. The van der Waals surface area contributed by atoms with E-state index in [0.717, 1.165) is 12.0 Å². The number of aliphatic hydroxyl groups is 1. The van der Waals surface area contributed by atoms with E-state index in [1.807, 2.05) is 37.3 Å². The molecule has 0 aromatic heterocycles. The third kappa shape index (κ3) is 6.04. The van der Waals surface area contributed by atoms with E-state index < -0.39 is 6.10 Å². The van der Waals surface area contributed by atoms with Gasteiger partial charge in [0.05, 0.1) is 6.10 Å². The summed E-state index contributed by atoms with van der Waals surface area (Å²) in [6.45, 7) is 2.73. The van der Waals surface area contributed by atoms with Gasteiger partial charge in [0.15, 0.2) is 0 Å². The molecule has 0 heterocycles. The van der Waals surface area contributed by atoms with Crippen molar-refractivity contribution in [1.29, 1.82) is 0 Å². The number of carbonyl (C=O) groups is 2. The summed E-state index contributed by atoms with van der Waals surface area (Å²) >= 11 is 0. The molecular formula is C20H24N2O3. The van der Waals surface area contributed by atoms with Crippen molar-refractivity contribution in [1.82, 2.24) is 10.6 Å². The van der Waals surface area contributed by atoms with Gasteiger partial charge in [0.1, 0.15) is 0 Å². The van der Waals surface area contributed by atoms with E-state index in [4.69, 9.17) is 0 Å². The van der Waals surface area contributed by atoms with Crippen molar-refractivity contribution in [2.45, 2.75) is 25.9 Å². The van der Waals surface area contributed by atoms with Crippen molar-refractivity contribution in [2.75, 3.05) is 13.1 Å². The Morgan fingerprint density at radius 3 is 2.24 bits per heavy atom. The Morgan fingerprint density at radius 2 is 1.60 bits per heavy atom. The van der Waals surface area contributed by atoms with E-state index in [0.29, 0.717) is 24.1 Å². The quantitative estimate of drug-likeness (QED) is 0.689. The fourth-order valence-electron chi connectivity index (χ4n) is 2.41. The second-order valence-corrected chi connectivity index (χ2v) is 5.89. The van der Waals surface area contributed by atoms with Crippen LogP contribution in [0.2, 0.25) is 0 Å². The van der Waals surface area contributed by atoms with Crippen molar-refractivity contribution in [2.24, 2.45) is 0 Å². The van der Waals surface area contributed by atoms with Crippen molar-refractivity contribution in [3.63, 3.8) is 0 Å². The van der Waals surface area contributed by atoms with Crippen LogP contribution in [0.5, 0.6) is 0 Å². The molecule has 0 radical (unpaired) electrons. The fourth-order valence-corrected chi connectivity index (χ4v) is 2.41. The van der Waals surface area contributed by atoms with Gasteiger partial charge in [0, 0.05) is 30.6 Å². The molecule has 132 valence electrons. The first-order chi connectivity index (χ1) is 12.1. The molecule has 0 saturated heterocycles. The van der Waals surface area contributed by atoms with Gasteiger partial charge in [-0.15, -0.1) is 0 Å². The minimum absolute atomic E-state index is 0.153. The molecule has 5 heteroatoms. The molecule has 25 heavy (non-hydrogen) atoms. The molecule has 1 atom stereocenters. The Kier molecular flexibility index (Phi) is 7.16. The van der Waals surface area contributed by atoms with Gasteiger partial charge in [0.25, 0.3) is 11.8 Å². The van der Waals surface area contributed by atoms with E-state index >= 15 is 0 Å². The molecule has 0 saturated carbocycles. The summed E-state index contributed by atoms with van der Waals surface area (Å²) in [5.41, 5.74) is 1.86. The molecule has 0 bridgehead atoms. The second-order valence-electron chi connectivity index (χ2n) is 5.89. The van der Waals surface area contributed by atoms with Crippen LogP contribution >= 0.6 is 0 Å². The van der Waals surface area contributed by atoms with Crippen molar-refractivity contribution in [3.8, 4) is 0 Å². The molecule has 0 unspecified atom stereocenters. The lowest BCUT2D eigenvalue weighted by molar-refractivity contribution is 0.0916. The predicted octanol–water partition coefficient (Wildman–Crippen LogP) is 2.16. The highest BCUT2D eigenvalue weighted by molar-refractivity contribution is 5.99. The molecule has 2 rings (SSSR count). The first-order valence-electron chi connectivity index (χ1n) is 8.48. The molecule has 5 nitrogen and oxygen atoms in total. The lowest BCUT2D eigenvalue weighted by atomic mass is 10.1. The van der Waals surface area contributed by atoms with Crippen molar-refractivity contribution >= 4 is 11.8 Å². The molecule has 0 aliphatic carbocycles. The van der Waals surface area contributed by atoms with Gasteiger partial charge in [-0.25, -0.2) is 0 Å². The zero-order valence-electron chi connectivity index (χ0n) is 14.4. The Labute approximate surface area is 148 Å². The maximum atomic E-state index is 12.2. The summed E-state index contributed by atoms with van der Waals surface area (Å²) in [5.74, 6) is -0.502.